The predicted molar refractivity (Wildman–Crippen MR) is 177 cm³/mol. The Balaban J connectivity index is 1.33. The molecular weight excluding hydrogens is 623 g/mol. The number of carbonyl (C=O) groups is 4. The molecule has 3 atom stereocenters. The van der Waals surface area contributed by atoms with Gasteiger partial charge in [-0.05, 0) is 68.0 Å². The number of hydrogen-bond acceptors (Lipinski definition) is 8. The van der Waals surface area contributed by atoms with Gasteiger partial charge in [0, 0.05) is 50.2 Å². The molecule has 14 heteroatoms. The van der Waals surface area contributed by atoms with E-state index in [4.69, 9.17) is 0 Å². The Labute approximate surface area is 278 Å². The number of aromatic nitrogens is 3. The molecule has 47 heavy (non-hydrogen) atoms. The topological polar surface area (TPSA) is 142 Å². The highest BCUT2D eigenvalue weighted by molar-refractivity contribution is 7.03. The van der Waals surface area contributed by atoms with Crippen LogP contribution in [0.4, 0.5) is 10.1 Å². The zero-order valence-electron chi connectivity index (χ0n) is 27.1. The molecular formula is C33H43FN8O4S. The molecule has 2 fully saturated rings. The van der Waals surface area contributed by atoms with Gasteiger partial charge in [0.2, 0.25) is 11.8 Å². The summed E-state index contributed by atoms with van der Waals surface area (Å²) in [5.41, 5.74) is 1.16. The average Bonchev–Trinajstić information content (AvgIpc) is 3.80. The first-order valence-corrected chi connectivity index (χ1v) is 17.1. The molecule has 2 aromatic heterocycles. The monoisotopic (exact) mass is 666 g/mol. The van der Waals surface area contributed by atoms with Crippen molar-refractivity contribution in [2.75, 3.05) is 38.5 Å². The van der Waals surface area contributed by atoms with Crippen LogP contribution in [0.3, 0.4) is 0 Å². The van der Waals surface area contributed by atoms with Gasteiger partial charge < -0.3 is 25.8 Å². The third-order valence-corrected chi connectivity index (χ3v) is 9.86. The highest BCUT2D eigenvalue weighted by atomic mass is 32.1. The number of rotatable bonds is 11. The zero-order valence-corrected chi connectivity index (χ0v) is 27.9. The second kappa shape index (κ2) is 15.6. The Morgan fingerprint density at radius 2 is 1.77 bits per heavy atom. The lowest BCUT2D eigenvalue weighted by atomic mass is 9.83. The van der Waals surface area contributed by atoms with Crippen molar-refractivity contribution in [3.63, 3.8) is 0 Å². The fraction of sp³-hybridized carbons (Fsp3) is 0.515. The highest BCUT2D eigenvalue weighted by Crippen LogP contribution is 2.29. The van der Waals surface area contributed by atoms with E-state index in [1.807, 2.05) is 14.0 Å². The molecule has 252 valence electrons. The lowest BCUT2D eigenvalue weighted by Gasteiger charge is -2.36. The molecule has 3 heterocycles. The summed E-state index contributed by atoms with van der Waals surface area (Å²) in [6, 6.07) is 4.21. The third-order valence-electron chi connectivity index (χ3n) is 9.28. The van der Waals surface area contributed by atoms with E-state index in [0.717, 1.165) is 43.6 Å². The normalized spacial score (nSPS) is 17.8. The van der Waals surface area contributed by atoms with Gasteiger partial charge in [0.15, 0.2) is 0 Å². The van der Waals surface area contributed by atoms with Gasteiger partial charge in [-0.2, -0.15) is 5.10 Å². The van der Waals surface area contributed by atoms with Crippen molar-refractivity contribution in [1.82, 2.24) is 34.6 Å². The van der Waals surface area contributed by atoms with E-state index in [1.165, 1.54) is 18.3 Å². The summed E-state index contributed by atoms with van der Waals surface area (Å²) < 4.78 is 21.3. The molecule has 1 aromatic carbocycles. The van der Waals surface area contributed by atoms with Gasteiger partial charge in [0.1, 0.15) is 23.6 Å². The number of nitrogens with zero attached hydrogens (tertiary/aromatic N) is 5. The third kappa shape index (κ3) is 8.22. The summed E-state index contributed by atoms with van der Waals surface area (Å²) in [4.78, 5) is 57.5. The van der Waals surface area contributed by atoms with Gasteiger partial charge in [-0.15, -0.1) is 0 Å². The van der Waals surface area contributed by atoms with Crippen LogP contribution in [0.2, 0.25) is 0 Å². The number of hydrogen-bond donors (Lipinski definition) is 3. The van der Waals surface area contributed by atoms with Crippen LogP contribution < -0.4 is 16.0 Å². The van der Waals surface area contributed by atoms with Crippen LogP contribution in [0.5, 0.6) is 0 Å². The van der Waals surface area contributed by atoms with Crippen molar-refractivity contribution < 1.29 is 23.6 Å². The van der Waals surface area contributed by atoms with Crippen molar-refractivity contribution in [3.05, 3.63) is 64.7 Å². The second-order valence-electron chi connectivity index (χ2n) is 12.4. The smallest absolute Gasteiger partial charge is 0.270 e. The van der Waals surface area contributed by atoms with Crippen LogP contribution in [-0.2, 0) is 16.1 Å². The van der Waals surface area contributed by atoms with Crippen molar-refractivity contribution >= 4 is 40.8 Å². The van der Waals surface area contributed by atoms with E-state index < -0.39 is 41.5 Å². The van der Waals surface area contributed by atoms with Gasteiger partial charge in [-0.3, -0.25) is 23.9 Å². The van der Waals surface area contributed by atoms with E-state index >= 15 is 4.39 Å². The van der Waals surface area contributed by atoms with Crippen molar-refractivity contribution in [1.29, 1.82) is 0 Å². The SMILES string of the molecule is CCn1nccc1C(=O)NC(C(=O)Nc1ccc(C(C)C(NC(=O)c2cnsc2)C(=O)N2CCN(C)CC2)cc1F)C1CCCCC1. The summed E-state index contributed by atoms with van der Waals surface area (Å²) in [5.74, 6) is -2.93. The molecule has 1 saturated carbocycles. The number of benzene rings is 1. The van der Waals surface area contributed by atoms with E-state index in [9.17, 15) is 19.2 Å². The van der Waals surface area contributed by atoms with Gasteiger partial charge in [0.05, 0.1) is 17.4 Å². The summed E-state index contributed by atoms with van der Waals surface area (Å²) in [6.45, 7) is 6.62. The van der Waals surface area contributed by atoms with Crippen molar-refractivity contribution in [2.24, 2.45) is 5.92 Å². The number of aryl methyl sites for hydroxylation is 1. The molecule has 3 unspecified atom stereocenters. The summed E-state index contributed by atoms with van der Waals surface area (Å²) in [7, 11) is 1.99. The predicted octanol–water partition coefficient (Wildman–Crippen LogP) is 3.49. The molecule has 4 amide bonds. The molecule has 1 aliphatic heterocycles. The lowest BCUT2D eigenvalue weighted by molar-refractivity contribution is -0.135. The Morgan fingerprint density at radius 3 is 2.43 bits per heavy atom. The van der Waals surface area contributed by atoms with Crippen LogP contribution >= 0.6 is 11.5 Å². The number of piperazine rings is 1. The van der Waals surface area contributed by atoms with Crippen molar-refractivity contribution in [3.8, 4) is 0 Å². The van der Waals surface area contributed by atoms with Gasteiger partial charge in [-0.25, -0.2) is 8.76 Å². The van der Waals surface area contributed by atoms with Crippen LogP contribution in [0.1, 0.15) is 78.3 Å². The molecule has 0 radical (unpaired) electrons. The number of amides is 4. The second-order valence-corrected chi connectivity index (χ2v) is 13.0. The lowest BCUT2D eigenvalue weighted by Crippen LogP contribution is -2.55. The number of carbonyl (C=O) groups excluding carboxylic acids is 4. The minimum atomic E-state index is -0.951. The number of anilines is 1. The van der Waals surface area contributed by atoms with E-state index in [-0.39, 0.29) is 17.5 Å². The molecule has 3 N–H and O–H groups in total. The van der Waals surface area contributed by atoms with Crippen LogP contribution in [0, 0.1) is 11.7 Å². The van der Waals surface area contributed by atoms with Gasteiger partial charge in [0.25, 0.3) is 11.8 Å². The fourth-order valence-corrected chi connectivity index (χ4v) is 6.86. The summed E-state index contributed by atoms with van der Waals surface area (Å²) >= 11 is 1.14. The maximum Gasteiger partial charge on any atom is 0.270 e. The first-order chi connectivity index (χ1) is 22.7. The van der Waals surface area contributed by atoms with Crippen LogP contribution in [0.25, 0.3) is 0 Å². The molecule has 0 spiro atoms. The summed E-state index contributed by atoms with van der Waals surface area (Å²) in [6.07, 6.45) is 7.51. The Bertz CT molecular complexity index is 1550. The van der Waals surface area contributed by atoms with Crippen LogP contribution in [0.15, 0.2) is 42.0 Å². The molecule has 5 rings (SSSR count). The largest absolute Gasteiger partial charge is 0.340 e. The minimum Gasteiger partial charge on any atom is -0.340 e. The maximum absolute atomic E-state index is 15.7. The Kier molecular flexibility index (Phi) is 11.4. The molecule has 0 bridgehead atoms. The first-order valence-electron chi connectivity index (χ1n) is 16.3. The Morgan fingerprint density at radius 1 is 1.02 bits per heavy atom. The average molecular weight is 667 g/mol. The Hall–Kier alpha value is -4.17. The zero-order chi connectivity index (χ0) is 33.5. The van der Waals surface area contributed by atoms with E-state index in [1.54, 1.807) is 40.2 Å². The molecule has 3 aromatic rings. The number of nitrogens with one attached hydrogen (secondary N) is 3. The molecule has 12 nitrogen and oxygen atoms in total. The quantitative estimate of drug-likeness (QED) is 0.285. The first kappa shape index (κ1) is 34.2. The van der Waals surface area contributed by atoms with Crippen molar-refractivity contribution in [2.45, 2.75) is 70.5 Å². The van der Waals surface area contributed by atoms with Crippen LogP contribution in [-0.4, -0.2) is 92.9 Å². The number of likely N-dealkylation sites (N-methyl/N-ethyl adjacent to an activating group) is 1. The highest BCUT2D eigenvalue weighted by Gasteiger charge is 2.35. The molecule has 1 aliphatic carbocycles. The van der Waals surface area contributed by atoms with Gasteiger partial charge >= 0.3 is 0 Å². The van der Waals surface area contributed by atoms with Gasteiger partial charge in [-0.1, -0.05) is 32.3 Å². The number of halogens is 1. The minimum absolute atomic E-state index is 0.0325. The molecule has 1 saturated heterocycles. The van der Waals surface area contributed by atoms with E-state index in [0.29, 0.717) is 49.5 Å². The molecule has 2 aliphatic rings. The maximum atomic E-state index is 15.7. The van der Waals surface area contributed by atoms with E-state index in [2.05, 4.69) is 30.3 Å². The summed E-state index contributed by atoms with van der Waals surface area (Å²) in [5, 5.41) is 14.2. The standard InChI is InChI=1S/C33H43FN8O4S/c1-4-42-27(12-13-35-42)31(44)39-29(22-8-6-5-7-9-22)32(45)37-26-11-10-23(18-25(26)34)21(2)28(38-30(43)24-19-36-47-20-24)33(46)41-16-14-40(3)15-17-41/h10-13,18-22,28-29H,4-9,14-17H2,1-3H3,(H,37,45)(H,38,43)(H,39,44). The fourth-order valence-electron chi connectivity index (χ4n) is 6.34.